The van der Waals surface area contributed by atoms with Gasteiger partial charge in [0, 0.05) is 44.3 Å². The quantitative estimate of drug-likeness (QED) is 0.681. The van der Waals surface area contributed by atoms with Gasteiger partial charge in [0.15, 0.2) is 11.5 Å². The van der Waals surface area contributed by atoms with E-state index >= 15 is 0 Å². The molecule has 136 valence electrons. The van der Waals surface area contributed by atoms with Crippen LogP contribution in [0.15, 0.2) is 18.6 Å². The van der Waals surface area contributed by atoms with Crippen molar-refractivity contribution in [3.8, 4) is 0 Å². The number of anilines is 1. The molecule has 2 aromatic heterocycles. The molecule has 0 saturated carbocycles. The Bertz CT molecular complexity index is 721. The van der Waals surface area contributed by atoms with E-state index in [0.29, 0.717) is 5.75 Å². The number of rotatable bonds is 5. The fourth-order valence-corrected chi connectivity index (χ4v) is 4.62. The maximum Gasteiger partial charge on any atom is 0.180 e. The third-order valence-corrected chi connectivity index (χ3v) is 6.14. The summed E-state index contributed by atoms with van der Waals surface area (Å²) in [6, 6.07) is 0. The van der Waals surface area contributed by atoms with Crippen molar-refractivity contribution >= 4 is 23.2 Å². The fourth-order valence-electron chi connectivity index (χ4n) is 3.29. The van der Waals surface area contributed by atoms with Crippen LogP contribution >= 0.6 is 11.8 Å². The van der Waals surface area contributed by atoms with E-state index < -0.39 is 12.2 Å². The lowest BCUT2D eigenvalue weighted by atomic mass is 10.1. The number of aliphatic hydroxyl groups excluding tert-OH is 2. The molecular formula is C16H23N5O3S. The lowest BCUT2D eigenvalue weighted by Crippen LogP contribution is -2.39. The van der Waals surface area contributed by atoms with Crippen LogP contribution in [0.4, 0.5) is 5.82 Å². The first-order valence-corrected chi connectivity index (χ1v) is 9.62. The topological polar surface area (TPSA) is 95.1 Å². The minimum Gasteiger partial charge on any atom is -0.390 e. The average Bonchev–Trinajstić information content (AvgIpc) is 3.20. The number of aliphatic hydroxyl groups is 2. The summed E-state index contributed by atoms with van der Waals surface area (Å²) in [5.41, 5.74) is 1.64. The third kappa shape index (κ3) is 3.47. The minimum atomic E-state index is -0.768. The zero-order chi connectivity index (χ0) is 17.2. The van der Waals surface area contributed by atoms with Crippen LogP contribution in [-0.2, 0) is 4.74 Å². The van der Waals surface area contributed by atoms with Gasteiger partial charge in [0.05, 0.1) is 42.6 Å². The van der Waals surface area contributed by atoms with Gasteiger partial charge in [0.25, 0.3) is 0 Å². The van der Waals surface area contributed by atoms with Gasteiger partial charge in [-0.05, 0) is 0 Å². The van der Waals surface area contributed by atoms with Crippen LogP contribution < -0.4 is 5.32 Å². The van der Waals surface area contributed by atoms with Gasteiger partial charge in [-0.1, -0.05) is 0 Å². The van der Waals surface area contributed by atoms with Gasteiger partial charge in [-0.15, -0.1) is 11.8 Å². The summed E-state index contributed by atoms with van der Waals surface area (Å²) in [5, 5.41) is 23.2. The summed E-state index contributed by atoms with van der Waals surface area (Å²) in [6.45, 7) is 5.24. The zero-order valence-electron chi connectivity index (χ0n) is 13.9. The van der Waals surface area contributed by atoms with E-state index in [4.69, 9.17) is 4.74 Å². The number of fused-ring (bicyclic) bond motifs is 1. The molecule has 0 amide bonds. The number of thioether (sulfide) groups is 1. The molecule has 2 saturated heterocycles. The molecule has 3 N–H and O–H groups in total. The monoisotopic (exact) mass is 365 g/mol. The highest BCUT2D eigenvalue weighted by atomic mass is 32.2. The van der Waals surface area contributed by atoms with E-state index in [1.54, 1.807) is 24.2 Å². The summed E-state index contributed by atoms with van der Waals surface area (Å²) in [6.07, 6.45) is 3.90. The highest BCUT2D eigenvalue weighted by Gasteiger charge is 2.37. The summed E-state index contributed by atoms with van der Waals surface area (Å²) in [4.78, 5) is 11.3. The van der Waals surface area contributed by atoms with E-state index in [0.717, 1.165) is 56.6 Å². The molecule has 3 atom stereocenters. The smallest absolute Gasteiger partial charge is 0.180 e. The second kappa shape index (κ2) is 7.46. The minimum absolute atomic E-state index is 0.173. The van der Waals surface area contributed by atoms with Crippen molar-refractivity contribution in [2.45, 2.75) is 17.5 Å². The van der Waals surface area contributed by atoms with Crippen molar-refractivity contribution in [3.63, 3.8) is 0 Å². The Hall–Kier alpha value is -1.39. The lowest BCUT2D eigenvalue weighted by Gasteiger charge is -2.26. The number of hydrogen-bond donors (Lipinski definition) is 3. The Morgan fingerprint density at radius 1 is 1.28 bits per heavy atom. The van der Waals surface area contributed by atoms with Crippen molar-refractivity contribution in [1.29, 1.82) is 0 Å². The van der Waals surface area contributed by atoms with Gasteiger partial charge in [-0.3, -0.25) is 9.30 Å². The number of nitrogens with zero attached hydrogens (tertiary/aromatic N) is 4. The first-order chi connectivity index (χ1) is 12.2. The first-order valence-electron chi connectivity index (χ1n) is 8.57. The molecule has 0 radical (unpaired) electrons. The molecule has 0 aromatic carbocycles. The predicted octanol–water partition coefficient (Wildman–Crippen LogP) is -0.0169. The number of morpholine rings is 1. The fraction of sp³-hybridized carbons (Fsp3) is 0.625. The third-order valence-electron chi connectivity index (χ3n) is 4.72. The van der Waals surface area contributed by atoms with Crippen molar-refractivity contribution in [2.75, 3.05) is 50.5 Å². The van der Waals surface area contributed by atoms with E-state index in [1.807, 2.05) is 10.6 Å². The number of ether oxygens (including phenoxy) is 1. The summed E-state index contributed by atoms with van der Waals surface area (Å²) < 4.78 is 7.31. The number of imidazole rings is 1. The van der Waals surface area contributed by atoms with Crippen LogP contribution in [0.3, 0.4) is 0 Å². The van der Waals surface area contributed by atoms with Crippen molar-refractivity contribution < 1.29 is 14.9 Å². The maximum atomic E-state index is 10.2. The van der Waals surface area contributed by atoms with E-state index in [-0.39, 0.29) is 5.25 Å². The largest absolute Gasteiger partial charge is 0.390 e. The Morgan fingerprint density at radius 3 is 2.88 bits per heavy atom. The number of hydrogen-bond acceptors (Lipinski definition) is 8. The predicted molar refractivity (Wildman–Crippen MR) is 95.9 cm³/mol. The molecule has 2 aromatic rings. The van der Waals surface area contributed by atoms with Gasteiger partial charge in [0.2, 0.25) is 0 Å². The number of nitrogens with one attached hydrogen (secondary N) is 1. The summed E-state index contributed by atoms with van der Waals surface area (Å²) in [7, 11) is 0. The Balaban J connectivity index is 1.47. The molecule has 0 bridgehead atoms. The van der Waals surface area contributed by atoms with Crippen LogP contribution in [0.25, 0.3) is 5.65 Å². The van der Waals surface area contributed by atoms with Crippen molar-refractivity contribution in [2.24, 2.45) is 0 Å². The standard InChI is InChI=1S/C16H23N5O3S/c22-12-10-25-14(13(12)23)11-9-19-16-15(18-2-4-21(11)16)17-1-3-20-5-7-24-8-6-20/h2,4,9,12-14,22-23H,1,3,5-8,10H2,(H,17,18)/t12-,13-,14+/m1/s1. The van der Waals surface area contributed by atoms with Crippen molar-refractivity contribution in [3.05, 3.63) is 24.3 Å². The van der Waals surface area contributed by atoms with Crippen LogP contribution in [0.1, 0.15) is 10.9 Å². The molecular weight excluding hydrogens is 342 g/mol. The molecule has 9 heteroatoms. The highest BCUT2D eigenvalue weighted by molar-refractivity contribution is 7.99. The maximum absolute atomic E-state index is 10.2. The van der Waals surface area contributed by atoms with Crippen LogP contribution in [-0.4, -0.2) is 86.8 Å². The van der Waals surface area contributed by atoms with Crippen LogP contribution in [0.5, 0.6) is 0 Å². The number of aromatic nitrogens is 3. The summed E-state index contributed by atoms with van der Waals surface area (Å²) in [5.74, 6) is 1.27. The van der Waals surface area contributed by atoms with E-state index in [9.17, 15) is 10.2 Å². The van der Waals surface area contributed by atoms with Crippen molar-refractivity contribution in [1.82, 2.24) is 19.3 Å². The first kappa shape index (κ1) is 17.0. The highest BCUT2D eigenvalue weighted by Crippen LogP contribution is 2.40. The molecule has 2 aliphatic rings. The van der Waals surface area contributed by atoms with Gasteiger partial charge in [-0.25, -0.2) is 9.97 Å². The molecule has 2 aliphatic heterocycles. The molecule has 0 spiro atoms. The van der Waals surface area contributed by atoms with Gasteiger partial charge >= 0.3 is 0 Å². The van der Waals surface area contributed by atoms with Gasteiger partial charge in [0.1, 0.15) is 0 Å². The molecule has 2 fully saturated rings. The lowest BCUT2D eigenvalue weighted by molar-refractivity contribution is 0.0398. The molecule has 8 nitrogen and oxygen atoms in total. The second-order valence-corrected chi connectivity index (χ2v) is 7.52. The second-order valence-electron chi connectivity index (χ2n) is 6.35. The Morgan fingerprint density at radius 2 is 2.12 bits per heavy atom. The van der Waals surface area contributed by atoms with Crippen LogP contribution in [0, 0.1) is 0 Å². The molecule has 0 unspecified atom stereocenters. The van der Waals surface area contributed by atoms with Gasteiger partial charge in [-0.2, -0.15) is 0 Å². The summed E-state index contributed by atoms with van der Waals surface area (Å²) >= 11 is 1.55. The Labute approximate surface area is 150 Å². The van der Waals surface area contributed by atoms with Crippen LogP contribution in [0.2, 0.25) is 0 Å². The normalized spacial score (nSPS) is 27.8. The average molecular weight is 365 g/mol. The molecule has 0 aliphatic carbocycles. The molecule has 4 rings (SSSR count). The SMILES string of the molecule is O[C@@H]1[C@H](O)CS[C@H]1c1cnc2c(NCCN3CCOCC3)nccn12. The Kier molecular flexibility index (Phi) is 5.09. The molecule has 4 heterocycles. The molecule has 25 heavy (non-hydrogen) atoms. The zero-order valence-corrected chi connectivity index (χ0v) is 14.7. The van der Waals surface area contributed by atoms with E-state index in [2.05, 4.69) is 20.2 Å². The van der Waals surface area contributed by atoms with E-state index in [1.165, 1.54) is 0 Å². The van der Waals surface area contributed by atoms with Gasteiger partial charge < -0.3 is 20.3 Å².